The lowest BCUT2D eigenvalue weighted by Gasteiger charge is -2.37. The second-order valence-electron chi connectivity index (χ2n) is 7.72. The Balaban J connectivity index is 1.97. The summed E-state index contributed by atoms with van der Waals surface area (Å²) in [5, 5.41) is 0. The summed E-state index contributed by atoms with van der Waals surface area (Å²) >= 11 is 0. The molecule has 0 aromatic heterocycles. The van der Waals surface area contributed by atoms with Crippen LogP contribution in [0.2, 0.25) is 0 Å². The normalized spacial score (nSPS) is 25.4. The summed E-state index contributed by atoms with van der Waals surface area (Å²) in [6.45, 7) is 10.1. The van der Waals surface area contributed by atoms with E-state index < -0.39 is 0 Å². The predicted molar refractivity (Wildman–Crippen MR) is 88.1 cm³/mol. The molecule has 0 spiro atoms. The lowest BCUT2D eigenvalue weighted by molar-refractivity contribution is 0.169. The third-order valence-electron chi connectivity index (χ3n) is 5.28. The second-order valence-corrected chi connectivity index (χ2v) is 7.72. The van der Waals surface area contributed by atoms with Crippen LogP contribution >= 0.6 is 0 Å². The fourth-order valence-electron chi connectivity index (χ4n) is 3.53. The van der Waals surface area contributed by atoms with E-state index in [-0.39, 0.29) is 0 Å². The number of rotatable bonds is 3. The number of hydrogen-bond acceptors (Lipinski definition) is 1. The summed E-state index contributed by atoms with van der Waals surface area (Å²) in [7, 11) is 0. The molecule has 0 radical (unpaired) electrons. The molecule has 0 amide bonds. The zero-order chi connectivity index (χ0) is 14.8. The number of benzene rings is 1. The third-order valence-corrected chi connectivity index (χ3v) is 5.28. The maximum atomic E-state index is 5.74. The second kappa shape index (κ2) is 6.30. The molecule has 1 aromatic carbocycles. The minimum Gasteiger partial charge on any atom is -0.330 e. The highest BCUT2D eigenvalue weighted by molar-refractivity contribution is 5.28. The Morgan fingerprint density at radius 2 is 1.60 bits per heavy atom. The van der Waals surface area contributed by atoms with Gasteiger partial charge in [-0.25, -0.2) is 0 Å². The quantitative estimate of drug-likeness (QED) is 0.817. The van der Waals surface area contributed by atoms with E-state index in [9.17, 15) is 0 Å². The van der Waals surface area contributed by atoms with Crippen LogP contribution in [0.5, 0.6) is 0 Å². The van der Waals surface area contributed by atoms with E-state index in [1.165, 1.54) is 36.8 Å². The van der Waals surface area contributed by atoms with Gasteiger partial charge in [-0.2, -0.15) is 0 Å². The fourth-order valence-corrected chi connectivity index (χ4v) is 3.53. The van der Waals surface area contributed by atoms with Gasteiger partial charge in [-0.3, -0.25) is 0 Å². The van der Waals surface area contributed by atoms with E-state index in [4.69, 9.17) is 5.73 Å². The van der Waals surface area contributed by atoms with Gasteiger partial charge < -0.3 is 5.73 Å². The molecule has 1 aliphatic carbocycles. The molecular weight excluding hydrogens is 242 g/mol. The van der Waals surface area contributed by atoms with Gasteiger partial charge in [0.25, 0.3) is 0 Å². The summed E-state index contributed by atoms with van der Waals surface area (Å²) in [6, 6.07) is 9.23. The van der Waals surface area contributed by atoms with Gasteiger partial charge in [-0.05, 0) is 66.5 Å². The van der Waals surface area contributed by atoms with Crippen LogP contribution in [0.15, 0.2) is 24.3 Å². The number of nitrogens with two attached hydrogens (primary N) is 1. The summed E-state index contributed by atoms with van der Waals surface area (Å²) < 4.78 is 0. The summed E-state index contributed by atoms with van der Waals surface area (Å²) in [5.41, 5.74) is 9.13. The minimum atomic E-state index is 0.473. The zero-order valence-corrected chi connectivity index (χ0v) is 13.7. The molecule has 112 valence electrons. The van der Waals surface area contributed by atoms with Crippen molar-refractivity contribution in [3.8, 4) is 0 Å². The molecule has 1 aromatic rings. The molecule has 2 rings (SSSR count). The lowest BCUT2D eigenvalue weighted by Crippen LogP contribution is -2.25. The first kappa shape index (κ1) is 15.6. The van der Waals surface area contributed by atoms with Crippen LogP contribution in [0.1, 0.15) is 76.3 Å². The summed E-state index contributed by atoms with van der Waals surface area (Å²) in [6.07, 6.45) is 5.48. The van der Waals surface area contributed by atoms with Crippen molar-refractivity contribution in [1.29, 1.82) is 0 Å². The van der Waals surface area contributed by atoms with Crippen molar-refractivity contribution >= 4 is 0 Å². The van der Waals surface area contributed by atoms with Crippen molar-refractivity contribution in [3.05, 3.63) is 35.4 Å². The smallest absolute Gasteiger partial charge is 0.00109 e. The molecule has 2 N–H and O–H groups in total. The first-order chi connectivity index (χ1) is 9.41. The van der Waals surface area contributed by atoms with Crippen LogP contribution < -0.4 is 5.73 Å². The van der Waals surface area contributed by atoms with Crippen LogP contribution in [-0.4, -0.2) is 6.54 Å². The van der Waals surface area contributed by atoms with Crippen molar-refractivity contribution in [3.63, 3.8) is 0 Å². The van der Waals surface area contributed by atoms with Gasteiger partial charge in [0.15, 0.2) is 0 Å². The molecular formula is C19H31N. The molecule has 1 aliphatic rings. The highest BCUT2D eigenvalue weighted by Gasteiger charge is 2.30. The van der Waals surface area contributed by atoms with Gasteiger partial charge in [0.05, 0.1) is 0 Å². The molecule has 1 unspecified atom stereocenters. The molecule has 1 fully saturated rings. The molecule has 1 atom stereocenters. The van der Waals surface area contributed by atoms with Crippen LogP contribution in [-0.2, 0) is 0 Å². The monoisotopic (exact) mass is 273 g/mol. The Morgan fingerprint density at radius 1 is 1.05 bits per heavy atom. The summed E-state index contributed by atoms with van der Waals surface area (Å²) in [5.74, 6) is 2.15. The maximum Gasteiger partial charge on any atom is -0.00109 e. The fraction of sp³-hybridized carbons (Fsp3) is 0.684. The average molecular weight is 273 g/mol. The van der Waals surface area contributed by atoms with E-state index >= 15 is 0 Å². The Labute approximate surface area is 125 Å². The van der Waals surface area contributed by atoms with Gasteiger partial charge in [-0.1, -0.05) is 52.0 Å². The van der Waals surface area contributed by atoms with E-state index in [2.05, 4.69) is 52.0 Å². The maximum absolute atomic E-state index is 5.74. The Bertz CT molecular complexity index is 404. The van der Waals surface area contributed by atoms with Gasteiger partial charge in [0.2, 0.25) is 0 Å². The highest BCUT2D eigenvalue weighted by Crippen LogP contribution is 2.43. The van der Waals surface area contributed by atoms with Gasteiger partial charge >= 0.3 is 0 Å². The van der Waals surface area contributed by atoms with Crippen LogP contribution in [0.3, 0.4) is 0 Å². The van der Waals surface area contributed by atoms with E-state index in [1.807, 2.05) is 0 Å². The van der Waals surface area contributed by atoms with Crippen LogP contribution in [0.4, 0.5) is 0 Å². The Morgan fingerprint density at radius 3 is 2.05 bits per heavy atom. The number of hydrogen-bond donors (Lipinski definition) is 1. The molecule has 0 bridgehead atoms. The van der Waals surface area contributed by atoms with E-state index in [0.717, 1.165) is 18.4 Å². The highest BCUT2D eigenvalue weighted by atomic mass is 14.5. The molecule has 1 nitrogen and oxygen atoms in total. The predicted octanol–water partition coefficient (Wildman–Crippen LogP) is 5.07. The average Bonchev–Trinajstić information content (AvgIpc) is 2.46. The van der Waals surface area contributed by atoms with Crippen LogP contribution in [0, 0.1) is 11.3 Å². The molecule has 1 saturated carbocycles. The van der Waals surface area contributed by atoms with Gasteiger partial charge in [0, 0.05) is 0 Å². The summed E-state index contributed by atoms with van der Waals surface area (Å²) in [4.78, 5) is 0. The SMILES string of the molecule is CC(CN)c1ccc(C2CCC(C(C)(C)C)CC2)cc1. The topological polar surface area (TPSA) is 26.0 Å². The Kier molecular flexibility index (Phi) is 4.90. The molecule has 0 aliphatic heterocycles. The van der Waals surface area contributed by atoms with Crippen molar-refractivity contribution in [2.45, 2.75) is 65.2 Å². The van der Waals surface area contributed by atoms with E-state index in [0.29, 0.717) is 11.3 Å². The largest absolute Gasteiger partial charge is 0.330 e. The van der Waals surface area contributed by atoms with Gasteiger partial charge in [0.1, 0.15) is 0 Å². The molecule has 0 heterocycles. The van der Waals surface area contributed by atoms with E-state index in [1.54, 1.807) is 0 Å². The minimum absolute atomic E-state index is 0.473. The Hall–Kier alpha value is -0.820. The van der Waals surface area contributed by atoms with Crippen molar-refractivity contribution < 1.29 is 0 Å². The zero-order valence-electron chi connectivity index (χ0n) is 13.7. The molecule has 20 heavy (non-hydrogen) atoms. The lowest BCUT2D eigenvalue weighted by atomic mass is 9.68. The standard InChI is InChI=1S/C19H31N/c1-14(13-20)15-5-7-16(8-6-15)17-9-11-18(12-10-17)19(2,3)4/h5-8,14,17-18H,9-13,20H2,1-4H3. The first-order valence-electron chi connectivity index (χ1n) is 8.21. The van der Waals surface area contributed by atoms with Gasteiger partial charge in [-0.15, -0.1) is 0 Å². The first-order valence-corrected chi connectivity index (χ1v) is 8.21. The van der Waals surface area contributed by atoms with Crippen molar-refractivity contribution in [2.24, 2.45) is 17.1 Å². The molecule has 1 heteroatoms. The van der Waals surface area contributed by atoms with Crippen molar-refractivity contribution in [2.75, 3.05) is 6.54 Å². The van der Waals surface area contributed by atoms with Crippen molar-refractivity contribution in [1.82, 2.24) is 0 Å². The van der Waals surface area contributed by atoms with Crippen LogP contribution in [0.25, 0.3) is 0 Å². The third kappa shape index (κ3) is 3.63. The molecule has 0 saturated heterocycles.